The van der Waals surface area contributed by atoms with Crippen molar-refractivity contribution < 1.29 is 23.4 Å². The van der Waals surface area contributed by atoms with Crippen LogP contribution in [0.4, 0.5) is 0 Å². The van der Waals surface area contributed by atoms with Crippen LogP contribution in [0, 0.1) is 23.7 Å². The topological polar surface area (TPSA) is 87.1 Å². The Morgan fingerprint density at radius 3 is 2.73 bits per heavy atom. The summed E-state index contributed by atoms with van der Waals surface area (Å²) in [6.45, 7) is 0.353. The number of benzene rings is 1. The van der Waals surface area contributed by atoms with Crippen LogP contribution in [0.3, 0.4) is 0 Å². The molecule has 8 atom stereocenters. The normalized spacial score (nSPS) is 43.3. The van der Waals surface area contributed by atoms with E-state index in [4.69, 9.17) is 4.74 Å². The van der Waals surface area contributed by atoms with Crippen LogP contribution in [0.25, 0.3) is 0 Å². The quantitative estimate of drug-likeness (QED) is 0.776. The van der Waals surface area contributed by atoms with Crippen LogP contribution in [-0.4, -0.2) is 67.2 Å². The molecular formula is C19H25NO5S. The molecule has 1 aliphatic heterocycles. The van der Waals surface area contributed by atoms with Crippen molar-refractivity contribution in [3.8, 4) is 5.75 Å². The van der Waals surface area contributed by atoms with Gasteiger partial charge in [-0.15, -0.1) is 0 Å². The van der Waals surface area contributed by atoms with Crippen LogP contribution in [0.5, 0.6) is 5.75 Å². The van der Waals surface area contributed by atoms with Gasteiger partial charge in [-0.25, -0.2) is 8.42 Å². The molecule has 142 valence electrons. The minimum Gasteiger partial charge on any atom is -0.497 e. The highest BCUT2D eigenvalue weighted by atomic mass is 32.2. The van der Waals surface area contributed by atoms with Gasteiger partial charge in [0.25, 0.3) is 0 Å². The molecule has 1 aromatic carbocycles. The number of nitrogens with zero attached hydrogens (tertiary/aromatic N) is 1. The average Bonchev–Trinajstić information content (AvgIpc) is 3.21. The number of rotatable bonds is 5. The van der Waals surface area contributed by atoms with Crippen molar-refractivity contribution in [3.63, 3.8) is 0 Å². The minimum atomic E-state index is -3.45. The first-order valence-electron chi connectivity index (χ1n) is 9.41. The Balaban J connectivity index is 1.38. The molecular weight excluding hydrogens is 354 g/mol. The summed E-state index contributed by atoms with van der Waals surface area (Å²) in [5.74, 6) is 1.83. The number of ether oxygens (including phenoxy) is 1. The molecule has 3 aliphatic carbocycles. The zero-order chi connectivity index (χ0) is 18.2. The fraction of sp³-hybridized carbons (Fsp3) is 0.684. The molecule has 5 rings (SSSR count). The van der Waals surface area contributed by atoms with Crippen LogP contribution in [-0.2, 0) is 9.84 Å². The third-order valence-electron chi connectivity index (χ3n) is 7.44. The average molecular weight is 379 g/mol. The van der Waals surface area contributed by atoms with Crippen molar-refractivity contribution >= 4 is 9.84 Å². The van der Waals surface area contributed by atoms with Gasteiger partial charge in [-0.05, 0) is 54.7 Å². The highest BCUT2D eigenvalue weighted by molar-refractivity contribution is 7.91. The SMILES string of the molecule is COc1cccc(S(=O)(=O)CCN2C3CC4C5CC(C4C3O)C2C5O)c1. The number of fused-ring (bicyclic) bond motifs is 3. The molecule has 4 bridgehead atoms. The van der Waals surface area contributed by atoms with Crippen molar-refractivity contribution in [2.24, 2.45) is 23.7 Å². The predicted octanol–water partition coefficient (Wildman–Crippen LogP) is 0.529. The lowest BCUT2D eigenvalue weighted by atomic mass is 9.75. The summed E-state index contributed by atoms with van der Waals surface area (Å²) >= 11 is 0. The Morgan fingerprint density at radius 2 is 1.96 bits per heavy atom. The summed E-state index contributed by atoms with van der Waals surface area (Å²) in [7, 11) is -1.94. The molecule has 3 saturated carbocycles. The largest absolute Gasteiger partial charge is 0.497 e. The molecule has 1 heterocycles. The third kappa shape index (κ3) is 2.17. The lowest BCUT2D eigenvalue weighted by molar-refractivity contribution is -0.0960. The van der Waals surface area contributed by atoms with Gasteiger partial charge in [-0.1, -0.05) is 6.07 Å². The maximum Gasteiger partial charge on any atom is 0.179 e. The minimum absolute atomic E-state index is 0.00768. The van der Waals surface area contributed by atoms with Gasteiger partial charge in [0.05, 0.1) is 30.0 Å². The highest BCUT2D eigenvalue weighted by Crippen LogP contribution is 2.64. The molecule has 4 aliphatic rings. The van der Waals surface area contributed by atoms with Crippen LogP contribution in [0.2, 0.25) is 0 Å². The Bertz CT molecular complexity index is 827. The molecule has 1 saturated heterocycles. The molecule has 26 heavy (non-hydrogen) atoms. The van der Waals surface area contributed by atoms with Crippen molar-refractivity contribution in [3.05, 3.63) is 24.3 Å². The zero-order valence-corrected chi connectivity index (χ0v) is 15.5. The Labute approximate surface area is 153 Å². The van der Waals surface area contributed by atoms with Gasteiger partial charge in [-0.2, -0.15) is 0 Å². The number of sulfone groups is 1. The number of aliphatic hydroxyl groups excluding tert-OH is 2. The maximum atomic E-state index is 12.8. The summed E-state index contributed by atoms with van der Waals surface area (Å²) in [5.41, 5.74) is 0. The lowest BCUT2D eigenvalue weighted by Crippen LogP contribution is -2.61. The standard InChI is InChI=1S/C19H25NO5S/c1-25-10-3-2-4-11(7-10)26(23,24)6-5-20-15-9-12-13-8-14(16(12)19(15)22)17(20)18(13)21/h2-4,7,12-19,21-22H,5-6,8-9H2,1H3. The van der Waals surface area contributed by atoms with Gasteiger partial charge >= 0.3 is 0 Å². The first-order chi connectivity index (χ1) is 12.4. The summed E-state index contributed by atoms with van der Waals surface area (Å²) in [6.07, 6.45) is 1.11. The van der Waals surface area contributed by atoms with Crippen molar-refractivity contribution in [2.75, 3.05) is 19.4 Å². The summed E-state index contributed by atoms with van der Waals surface area (Å²) < 4.78 is 30.7. The number of hydrogen-bond acceptors (Lipinski definition) is 6. The van der Waals surface area contributed by atoms with E-state index in [1.165, 1.54) is 7.11 Å². The van der Waals surface area contributed by atoms with E-state index in [0.717, 1.165) is 12.8 Å². The molecule has 4 fully saturated rings. The Morgan fingerprint density at radius 1 is 1.15 bits per heavy atom. The van der Waals surface area contributed by atoms with Crippen molar-refractivity contribution in [2.45, 2.75) is 42.0 Å². The maximum absolute atomic E-state index is 12.8. The molecule has 2 N–H and O–H groups in total. The number of hydrogen-bond donors (Lipinski definition) is 2. The van der Waals surface area contributed by atoms with Gasteiger partial charge in [0, 0.05) is 18.6 Å². The van der Waals surface area contributed by atoms with Crippen LogP contribution < -0.4 is 4.74 Å². The second-order valence-corrected chi connectivity index (χ2v) is 10.4. The Hall–Kier alpha value is -1.15. The molecule has 1 aromatic rings. The van der Waals surface area contributed by atoms with E-state index in [9.17, 15) is 18.6 Å². The molecule has 0 amide bonds. The molecule has 0 spiro atoms. The molecule has 7 heteroatoms. The third-order valence-corrected chi connectivity index (χ3v) is 9.13. The monoisotopic (exact) mass is 379 g/mol. The van der Waals surface area contributed by atoms with E-state index in [-0.39, 0.29) is 40.9 Å². The van der Waals surface area contributed by atoms with Crippen LogP contribution in [0.15, 0.2) is 29.2 Å². The van der Waals surface area contributed by atoms with Gasteiger partial charge in [0.2, 0.25) is 0 Å². The van der Waals surface area contributed by atoms with Crippen LogP contribution in [0.1, 0.15) is 12.8 Å². The number of piperidine rings is 1. The van der Waals surface area contributed by atoms with Crippen molar-refractivity contribution in [1.29, 1.82) is 0 Å². The van der Waals surface area contributed by atoms with E-state index in [1.54, 1.807) is 24.3 Å². The number of aliphatic hydroxyl groups is 2. The van der Waals surface area contributed by atoms with Crippen molar-refractivity contribution in [1.82, 2.24) is 4.90 Å². The predicted molar refractivity (Wildman–Crippen MR) is 94.5 cm³/mol. The Kier molecular flexibility index (Phi) is 3.71. The second kappa shape index (κ2) is 5.67. The fourth-order valence-electron chi connectivity index (χ4n) is 6.48. The summed E-state index contributed by atoms with van der Waals surface area (Å²) in [4.78, 5) is 2.37. The van der Waals surface area contributed by atoms with Gasteiger partial charge < -0.3 is 14.9 Å². The first-order valence-corrected chi connectivity index (χ1v) is 11.1. The van der Waals surface area contributed by atoms with E-state index in [2.05, 4.69) is 4.90 Å². The summed E-state index contributed by atoms with van der Waals surface area (Å²) in [5, 5.41) is 21.4. The van der Waals surface area contributed by atoms with Gasteiger partial charge in [0.15, 0.2) is 9.84 Å². The molecule has 6 nitrogen and oxygen atoms in total. The van der Waals surface area contributed by atoms with Gasteiger partial charge in [0.1, 0.15) is 5.75 Å². The first kappa shape index (κ1) is 17.0. The van der Waals surface area contributed by atoms with Crippen LogP contribution >= 0.6 is 0 Å². The number of methoxy groups -OCH3 is 1. The number of likely N-dealkylation sites (tertiary alicyclic amines) is 1. The highest BCUT2D eigenvalue weighted by Gasteiger charge is 2.69. The summed E-state index contributed by atoms with van der Waals surface area (Å²) in [6, 6.07) is 6.54. The molecule has 0 aromatic heterocycles. The fourth-order valence-corrected chi connectivity index (χ4v) is 7.74. The molecule has 0 radical (unpaired) electrons. The zero-order valence-electron chi connectivity index (χ0n) is 14.7. The second-order valence-electron chi connectivity index (χ2n) is 8.32. The van der Waals surface area contributed by atoms with E-state index in [0.29, 0.717) is 30.0 Å². The smallest absolute Gasteiger partial charge is 0.179 e. The lowest BCUT2D eigenvalue weighted by Gasteiger charge is -2.48. The molecule has 8 unspecified atom stereocenters. The van der Waals surface area contributed by atoms with E-state index >= 15 is 0 Å². The van der Waals surface area contributed by atoms with E-state index in [1.807, 2.05) is 0 Å². The van der Waals surface area contributed by atoms with Gasteiger partial charge in [-0.3, -0.25) is 4.90 Å². The van der Waals surface area contributed by atoms with E-state index < -0.39 is 9.84 Å².